The highest BCUT2D eigenvalue weighted by Gasteiger charge is 2.32. The molecule has 2 rings (SSSR count). The van der Waals surface area contributed by atoms with E-state index in [1.807, 2.05) is 13.1 Å². The van der Waals surface area contributed by atoms with E-state index < -0.39 is 6.04 Å². The molecule has 0 radical (unpaired) electrons. The van der Waals surface area contributed by atoms with Gasteiger partial charge >= 0.3 is 5.97 Å². The Kier molecular flexibility index (Phi) is 5.14. The Morgan fingerprint density at radius 3 is 2.95 bits per heavy atom. The first-order valence-corrected chi connectivity index (χ1v) is 7.26. The van der Waals surface area contributed by atoms with Crippen LogP contribution in [-0.4, -0.2) is 45.8 Å². The topological polar surface area (TPSA) is 64.4 Å². The molecule has 2 heterocycles. The van der Waals surface area contributed by atoms with Gasteiger partial charge in [-0.25, -0.2) is 4.79 Å². The summed E-state index contributed by atoms with van der Waals surface area (Å²) in [5.74, 6) is -0.464. The molecule has 1 aliphatic heterocycles. The monoisotopic (exact) mass is 291 g/mol. The van der Waals surface area contributed by atoms with Crippen LogP contribution >= 0.6 is 0 Å². The minimum Gasteiger partial charge on any atom is -0.464 e. The fraction of sp³-hybridized carbons (Fsp3) is 0.533. The van der Waals surface area contributed by atoms with Crippen LogP contribution in [0.1, 0.15) is 31.9 Å². The number of aromatic nitrogens is 2. The third-order valence-electron chi connectivity index (χ3n) is 3.60. The number of amides is 1. The molecule has 1 saturated heterocycles. The van der Waals surface area contributed by atoms with Crippen LogP contribution < -0.4 is 0 Å². The third-order valence-corrected chi connectivity index (χ3v) is 3.60. The van der Waals surface area contributed by atoms with Crippen molar-refractivity contribution in [3.8, 4) is 0 Å². The summed E-state index contributed by atoms with van der Waals surface area (Å²) in [6.45, 7) is 2.70. The van der Waals surface area contributed by atoms with Gasteiger partial charge in [0, 0.05) is 25.9 Å². The van der Waals surface area contributed by atoms with Gasteiger partial charge < -0.3 is 9.64 Å². The highest BCUT2D eigenvalue weighted by Crippen LogP contribution is 2.19. The largest absolute Gasteiger partial charge is 0.464 e. The Morgan fingerprint density at radius 2 is 2.29 bits per heavy atom. The van der Waals surface area contributed by atoms with Crippen molar-refractivity contribution in [3.63, 3.8) is 0 Å². The van der Waals surface area contributed by atoms with Crippen LogP contribution in [0.15, 0.2) is 18.3 Å². The number of hydrogen-bond acceptors (Lipinski definition) is 4. The van der Waals surface area contributed by atoms with Gasteiger partial charge in [-0.2, -0.15) is 5.10 Å². The molecule has 114 valence electrons. The molecule has 1 aromatic rings. The molecule has 0 N–H and O–H groups in total. The average molecular weight is 291 g/mol. The van der Waals surface area contributed by atoms with Gasteiger partial charge in [-0.3, -0.25) is 9.48 Å². The van der Waals surface area contributed by atoms with Gasteiger partial charge in [-0.05, 0) is 38.3 Å². The molecule has 6 heteroatoms. The smallest absolute Gasteiger partial charge is 0.328 e. The van der Waals surface area contributed by atoms with Crippen LogP contribution in [0.4, 0.5) is 0 Å². The Labute approximate surface area is 124 Å². The van der Waals surface area contributed by atoms with Crippen molar-refractivity contribution in [2.24, 2.45) is 7.05 Å². The van der Waals surface area contributed by atoms with Crippen LogP contribution in [0.2, 0.25) is 0 Å². The second-order valence-electron chi connectivity index (χ2n) is 5.01. The zero-order valence-corrected chi connectivity index (χ0v) is 12.5. The van der Waals surface area contributed by atoms with Gasteiger partial charge in [0.25, 0.3) is 0 Å². The maximum absolute atomic E-state index is 12.3. The van der Waals surface area contributed by atoms with Gasteiger partial charge in [0.05, 0.1) is 12.3 Å². The second kappa shape index (κ2) is 7.06. The molecule has 0 saturated carbocycles. The highest BCUT2D eigenvalue weighted by atomic mass is 16.5. The molecule has 1 unspecified atom stereocenters. The van der Waals surface area contributed by atoms with Gasteiger partial charge in [0.15, 0.2) is 0 Å². The SMILES string of the molecule is CCOC(=O)C1CCCCN1C(=O)/C=C/c1ccnn1C. The van der Waals surface area contributed by atoms with Crippen LogP contribution in [-0.2, 0) is 21.4 Å². The molecular weight excluding hydrogens is 270 g/mol. The van der Waals surface area contributed by atoms with Crippen LogP contribution in [0.25, 0.3) is 6.08 Å². The molecule has 1 atom stereocenters. The zero-order valence-electron chi connectivity index (χ0n) is 12.5. The number of carbonyl (C=O) groups is 2. The maximum atomic E-state index is 12.3. The lowest BCUT2D eigenvalue weighted by Gasteiger charge is -2.33. The maximum Gasteiger partial charge on any atom is 0.328 e. The van der Waals surface area contributed by atoms with E-state index in [1.54, 1.807) is 28.8 Å². The van der Waals surface area contributed by atoms with Crippen LogP contribution in [0.3, 0.4) is 0 Å². The number of ether oxygens (including phenoxy) is 1. The average Bonchev–Trinajstić information content (AvgIpc) is 2.90. The number of carbonyl (C=O) groups excluding carboxylic acids is 2. The fourth-order valence-electron chi connectivity index (χ4n) is 2.48. The summed E-state index contributed by atoms with van der Waals surface area (Å²) in [6, 6.07) is 1.37. The predicted molar refractivity (Wildman–Crippen MR) is 78.2 cm³/mol. The lowest BCUT2D eigenvalue weighted by atomic mass is 10.0. The van der Waals surface area contributed by atoms with E-state index in [2.05, 4.69) is 5.10 Å². The summed E-state index contributed by atoms with van der Waals surface area (Å²) in [5, 5.41) is 4.04. The third kappa shape index (κ3) is 3.71. The van der Waals surface area contributed by atoms with E-state index in [-0.39, 0.29) is 11.9 Å². The Morgan fingerprint density at radius 1 is 1.48 bits per heavy atom. The molecule has 1 aliphatic rings. The number of rotatable bonds is 4. The van der Waals surface area contributed by atoms with Crippen molar-refractivity contribution in [2.45, 2.75) is 32.2 Å². The summed E-state index contributed by atoms with van der Waals surface area (Å²) in [4.78, 5) is 25.9. The van der Waals surface area contributed by atoms with Crippen molar-refractivity contribution in [3.05, 3.63) is 24.0 Å². The van der Waals surface area contributed by atoms with Crippen molar-refractivity contribution in [1.29, 1.82) is 0 Å². The number of piperidine rings is 1. The summed E-state index contributed by atoms with van der Waals surface area (Å²) in [5.41, 5.74) is 0.841. The minimum atomic E-state index is -0.456. The minimum absolute atomic E-state index is 0.158. The molecule has 0 aromatic carbocycles. The standard InChI is InChI=1S/C15H21N3O3/c1-3-21-15(20)13-6-4-5-11-18(13)14(19)8-7-12-9-10-16-17(12)2/h7-10,13H,3-6,11H2,1-2H3/b8-7+. The molecule has 0 aliphatic carbocycles. The van der Waals surface area contributed by atoms with Gasteiger partial charge in [-0.15, -0.1) is 0 Å². The molecule has 0 spiro atoms. The zero-order chi connectivity index (χ0) is 15.2. The van der Waals surface area contributed by atoms with Crippen molar-refractivity contribution < 1.29 is 14.3 Å². The molecule has 6 nitrogen and oxygen atoms in total. The van der Waals surface area contributed by atoms with Crippen molar-refractivity contribution in [2.75, 3.05) is 13.2 Å². The van der Waals surface area contributed by atoms with E-state index in [0.717, 1.165) is 18.5 Å². The van der Waals surface area contributed by atoms with Crippen molar-refractivity contribution in [1.82, 2.24) is 14.7 Å². The van der Waals surface area contributed by atoms with Gasteiger partial charge in [0.2, 0.25) is 5.91 Å². The molecule has 0 bridgehead atoms. The number of aryl methyl sites for hydroxylation is 1. The fourth-order valence-corrected chi connectivity index (χ4v) is 2.48. The number of nitrogens with zero attached hydrogens (tertiary/aromatic N) is 3. The first-order chi connectivity index (χ1) is 10.1. The van der Waals surface area contributed by atoms with E-state index in [1.165, 1.54) is 6.08 Å². The summed E-state index contributed by atoms with van der Waals surface area (Å²) in [7, 11) is 1.81. The van der Waals surface area contributed by atoms with Crippen molar-refractivity contribution >= 4 is 18.0 Å². The molecule has 1 fully saturated rings. The van der Waals surface area contributed by atoms with E-state index in [9.17, 15) is 9.59 Å². The Hall–Kier alpha value is -2.11. The molecule has 1 aromatic heterocycles. The van der Waals surface area contributed by atoms with E-state index in [0.29, 0.717) is 19.6 Å². The lowest BCUT2D eigenvalue weighted by molar-refractivity contribution is -0.155. The molecule has 1 amide bonds. The number of esters is 1. The van der Waals surface area contributed by atoms with E-state index >= 15 is 0 Å². The number of likely N-dealkylation sites (tertiary alicyclic amines) is 1. The second-order valence-corrected chi connectivity index (χ2v) is 5.01. The summed E-state index contributed by atoms with van der Waals surface area (Å²) >= 11 is 0. The predicted octanol–water partition coefficient (Wildman–Crippen LogP) is 1.38. The quantitative estimate of drug-likeness (QED) is 0.621. The summed E-state index contributed by atoms with van der Waals surface area (Å²) in [6.07, 6.45) is 7.41. The summed E-state index contributed by atoms with van der Waals surface area (Å²) < 4.78 is 6.74. The molecular formula is C15H21N3O3. The van der Waals surface area contributed by atoms with Gasteiger partial charge in [-0.1, -0.05) is 0 Å². The first kappa shape index (κ1) is 15.3. The number of hydrogen-bond donors (Lipinski definition) is 0. The Balaban J connectivity index is 2.06. The van der Waals surface area contributed by atoms with Crippen LogP contribution in [0.5, 0.6) is 0 Å². The molecule has 21 heavy (non-hydrogen) atoms. The normalized spacial score (nSPS) is 19.0. The van der Waals surface area contributed by atoms with Crippen LogP contribution in [0, 0.1) is 0 Å². The Bertz CT molecular complexity index is 536. The first-order valence-electron chi connectivity index (χ1n) is 7.26. The van der Waals surface area contributed by atoms with Gasteiger partial charge in [0.1, 0.15) is 6.04 Å². The highest BCUT2D eigenvalue weighted by molar-refractivity contribution is 5.94. The van der Waals surface area contributed by atoms with E-state index in [4.69, 9.17) is 4.74 Å². The lowest BCUT2D eigenvalue weighted by Crippen LogP contribution is -2.48.